The first-order valence-electron chi connectivity index (χ1n) is 5.43. The van der Waals surface area contributed by atoms with Crippen LogP contribution in [0.15, 0.2) is 53.1 Å². The van der Waals surface area contributed by atoms with Crippen LogP contribution in [0.1, 0.15) is 17.6 Å². The van der Waals surface area contributed by atoms with Gasteiger partial charge in [-0.25, -0.2) is 0 Å². The molecule has 0 spiro atoms. The average Bonchev–Trinajstić information content (AvgIpc) is 2.98. The molecule has 0 aliphatic heterocycles. The van der Waals surface area contributed by atoms with Gasteiger partial charge in [0, 0.05) is 9.58 Å². The van der Waals surface area contributed by atoms with E-state index in [-0.39, 0.29) is 0 Å². The van der Waals surface area contributed by atoms with Crippen molar-refractivity contribution in [3.63, 3.8) is 0 Å². The first kappa shape index (κ1) is 10.6. The molecule has 0 saturated carbocycles. The molecule has 2 nitrogen and oxygen atoms in total. The summed E-state index contributed by atoms with van der Waals surface area (Å²) in [6.07, 6.45) is 1.58. The van der Waals surface area contributed by atoms with Crippen molar-refractivity contribution in [3.05, 3.63) is 59.4 Å². The number of aliphatic hydroxyl groups is 1. The number of benzene rings is 1. The molecule has 0 bridgehead atoms. The summed E-state index contributed by atoms with van der Waals surface area (Å²) in [6, 6.07) is 13.7. The Balaban J connectivity index is 2.15. The lowest BCUT2D eigenvalue weighted by molar-refractivity contribution is 0.0805. The van der Waals surface area contributed by atoms with Crippen molar-refractivity contribution in [2.24, 2.45) is 0 Å². The maximum atomic E-state index is 10.6. The van der Waals surface area contributed by atoms with Crippen molar-refractivity contribution < 1.29 is 9.52 Å². The molecule has 17 heavy (non-hydrogen) atoms. The average molecular weight is 244 g/mol. The van der Waals surface area contributed by atoms with Gasteiger partial charge in [0.05, 0.1) is 6.26 Å². The fourth-order valence-corrected chi connectivity index (χ4v) is 3.01. The standard InChI is InChI=1S/C14H12O2S/c1-14(15,12-7-4-8-16-12)13-9-10-5-2-3-6-11(10)17-13/h2-9,15H,1H3. The highest BCUT2D eigenvalue weighted by atomic mass is 32.1. The fourth-order valence-electron chi connectivity index (χ4n) is 1.90. The molecule has 0 aliphatic rings. The molecule has 3 rings (SSSR count). The third kappa shape index (κ3) is 1.68. The van der Waals surface area contributed by atoms with Crippen LogP contribution in [0.5, 0.6) is 0 Å². The molecule has 86 valence electrons. The summed E-state index contributed by atoms with van der Waals surface area (Å²) < 4.78 is 6.48. The molecule has 0 saturated heterocycles. The number of rotatable bonds is 2. The van der Waals surface area contributed by atoms with Gasteiger partial charge < -0.3 is 9.52 Å². The molecule has 0 aliphatic carbocycles. The van der Waals surface area contributed by atoms with Gasteiger partial charge in [-0.3, -0.25) is 0 Å². The molecule has 0 amide bonds. The summed E-state index contributed by atoms with van der Waals surface area (Å²) >= 11 is 1.59. The van der Waals surface area contributed by atoms with Gasteiger partial charge in [0.1, 0.15) is 5.76 Å². The Morgan fingerprint density at radius 3 is 2.71 bits per heavy atom. The molecule has 2 heterocycles. The molecule has 3 heteroatoms. The van der Waals surface area contributed by atoms with Crippen LogP contribution < -0.4 is 0 Å². The predicted molar refractivity (Wildman–Crippen MR) is 69.2 cm³/mol. The van der Waals surface area contributed by atoms with E-state index in [1.165, 1.54) is 4.70 Å². The van der Waals surface area contributed by atoms with E-state index in [4.69, 9.17) is 4.42 Å². The van der Waals surface area contributed by atoms with E-state index in [1.807, 2.05) is 24.3 Å². The second-order valence-electron chi connectivity index (χ2n) is 4.20. The maximum Gasteiger partial charge on any atom is 0.153 e. The number of fused-ring (bicyclic) bond motifs is 1. The Morgan fingerprint density at radius 2 is 2.00 bits per heavy atom. The van der Waals surface area contributed by atoms with E-state index < -0.39 is 5.60 Å². The highest BCUT2D eigenvalue weighted by molar-refractivity contribution is 7.19. The lowest BCUT2D eigenvalue weighted by Crippen LogP contribution is -2.20. The first-order valence-corrected chi connectivity index (χ1v) is 6.25. The van der Waals surface area contributed by atoms with E-state index in [0.717, 1.165) is 10.3 Å². The summed E-state index contributed by atoms with van der Waals surface area (Å²) in [5.74, 6) is 0.573. The van der Waals surface area contributed by atoms with Crippen LogP contribution in [-0.4, -0.2) is 5.11 Å². The van der Waals surface area contributed by atoms with Crippen LogP contribution in [-0.2, 0) is 5.60 Å². The fraction of sp³-hybridized carbons (Fsp3) is 0.143. The Bertz CT molecular complexity index is 602. The van der Waals surface area contributed by atoms with Gasteiger partial charge in [0.15, 0.2) is 5.60 Å². The Hall–Kier alpha value is -1.58. The quantitative estimate of drug-likeness (QED) is 0.744. The minimum atomic E-state index is -1.06. The third-order valence-corrected chi connectivity index (χ3v) is 4.23. The van der Waals surface area contributed by atoms with E-state index >= 15 is 0 Å². The van der Waals surface area contributed by atoms with Crippen LogP contribution in [0, 0.1) is 0 Å². The monoisotopic (exact) mass is 244 g/mol. The topological polar surface area (TPSA) is 33.4 Å². The molecule has 1 unspecified atom stereocenters. The molecule has 3 aromatic rings. The first-order chi connectivity index (χ1) is 8.18. The minimum Gasteiger partial charge on any atom is -0.466 e. The SMILES string of the molecule is CC(O)(c1ccco1)c1cc2ccccc2s1. The number of thiophene rings is 1. The van der Waals surface area contributed by atoms with Gasteiger partial charge in [0.2, 0.25) is 0 Å². The zero-order valence-electron chi connectivity index (χ0n) is 9.38. The number of hydrogen-bond donors (Lipinski definition) is 1. The summed E-state index contributed by atoms with van der Waals surface area (Å²) in [4.78, 5) is 0.897. The van der Waals surface area contributed by atoms with E-state index in [1.54, 1.807) is 36.7 Å². The number of furan rings is 1. The van der Waals surface area contributed by atoms with Gasteiger partial charge >= 0.3 is 0 Å². The van der Waals surface area contributed by atoms with Crippen LogP contribution in [0.4, 0.5) is 0 Å². The molecular weight excluding hydrogens is 232 g/mol. The highest BCUT2D eigenvalue weighted by Gasteiger charge is 2.30. The Kier molecular flexibility index (Phi) is 2.31. The molecule has 1 N–H and O–H groups in total. The second kappa shape index (κ2) is 3.72. The lowest BCUT2D eigenvalue weighted by Gasteiger charge is -2.18. The van der Waals surface area contributed by atoms with Crippen molar-refractivity contribution in [1.82, 2.24) is 0 Å². The summed E-state index contributed by atoms with van der Waals surface area (Å²) in [6.45, 7) is 1.76. The van der Waals surface area contributed by atoms with Crippen molar-refractivity contribution in [3.8, 4) is 0 Å². The molecule has 0 radical (unpaired) electrons. The molecule has 1 atom stereocenters. The summed E-state index contributed by atoms with van der Waals surface area (Å²) in [5, 5.41) is 11.7. The molecular formula is C14H12O2S. The van der Waals surface area contributed by atoms with Crippen molar-refractivity contribution in [1.29, 1.82) is 0 Å². The van der Waals surface area contributed by atoms with Gasteiger partial charge in [-0.2, -0.15) is 0 Å². The van der Waals surface area contributed by atoms with Crippen LogP contribution in [0.2, 0.25) is 0 Å². The van der Waals surface area contributed by atoms with E-state index in [2.05, 4.69) is 6.07 Å². The van der Waals surface area contributed by atoms with E-state index in [9.17, 15) is 5.11 Å². The summed E-state index contributed by atoms with van der Waals surface area (Å²) in [7, 11) is 0. The van der Waals surface area contributed by atoms with Crippen molar-refractivity contribution in [2.45, 2.75) is 12.5 Å². The molecule has 0 fully saturated rings. The third-order valence-electron chi connectivity index (χ3n) is 2.91. The Morgan fingerprint density at radius 1 is 1.18 bits per heavy atom. The van der Waals surface area contributed by atoms with Gasteiger partial charge in [0.25, 0.3) is 0 Å². The smallest absolute Gasteiger partial charge is 0.153 e. The maximum absolute atomic E-state index is 10.6. The normalized spacial score (nSPS) is 14.9. The van der Waals surface area contributed by atoms with Crippen LogP contribution >= 0.6 is 11.3 Å². The van der Waals surface area contributed by atoms with Crippen LogP contribution in [0.3, 0.4) is 0 Å². The lowest BCUT2D eigenvalue weighted by atomic mass is 10.0. The second-order valence-corrected chi connectivity index (χ2v) is 5.28. The van der Waals surface area contributed by atoms with E-state index in [0.29, 0.717) is 5.76 Å². The zero-order valence-corrected chi connectivity index (χ0v) is 10.2. The summed E-state index contributed by atoms with van der Waals surface area (Å²) in [5.41, 5.74) is -1.06. The molecule has 1 aromatic carbocycles. The largest absolute Gasteiger partial charge is 0.466 e. The van der Waals surface area contributed by atoms with Gasteiger partial charge in [-0.05, 0) is 36.6 Å². The highest BCUT2D eigenvalue weighted by Crippen LogP contribution is 2.37. The van der Waals surface area contributed by atoms with Crippen molar-refractivity contribution in [2.75, 3.05) is 0 Å². The van der Waals surface area contributed by atoms with Crippen molar-refractivity contribution >= 4 is 21.4 Å². The number of hydrogen-bond acceptors (Lipinski definition) is 3. The zero-order chi connectivity index (χ0) is 11.9. The van der Waals surface area contributed by atoms with Gasteiger partial charge in [-0.15, -0.1) is 11.3 Å². The Labute approximate surface area is 103 Å². The predicted octanol–water partition coefficient (Wildman–Crippen LogP) is 3.75. The van der Waals surface area contributed by atoms with Crippen LogP contribution in [0.25, 0.3) is 10.1 Å². The molecule has 2 aromatic heterocycles. The van der Waals surface area contributed by atoms with Gasteiger partial charge in [-0.1, -0.05) is 18.2 Å². The minimum absolute atomic E-state index is 0.573.